The number of benzene rings is 2. The quantitative estimate of drug-likeness (QED) is 0.511. The van der Waals surface area contributed by atoms with Gasteiger partial charge in [0.15, 0.2) is 0 Å². The molecule has 2 heteroatoms. The number of para-hydroxylation sites is 1. The van der Waals surface area contributed by atoms with E-state index in [9.17, 15) is 0 Å². The summed E-state index contributed by atoms with van der Waals surface area (Å²) in [6.07, 6.45) is 0. The van der Waals surface area contributed by atoms with Crippen LogP contribution in [0.5, 0.6) is 0 Å². The van der Waals surface area contributed by atoms with E-state index in [1.807, 2.05) is 0 Å². The third-order valence-corrected chi connectivity index (χ3v) is 5.05. The van der Waals surface area contributed by atoms with Crippen molar-refractivity contribution in [1.29, 1.82) is 0 Å². The summed E-state index contributed by atoms with van der Waals surface area (Å²) in [7, 11) is 0. The Kier molecular flexibility index (Phi) is 3.25. The second-order valence-electron chi connectivity index (χ2n) is 5.17. The van der Waals surface area contributed by atoms with Gasteiger partial charge in [-0.2, -0.15) is 0 Å². The first-order valence-corrected chi connectivity index (χ1v) is 8.42. The van der Waals surface area contributed by atoms with E-state index in [0.29, 0.717) is 0 Å². The summed E-state index contributed by atoms with van der Waals surface area (Å²) in [4.78, 5) is 0. The zero-order valence-corrected chi connectivity index (χ0v) is 15.4. The molecule has 3 rings (SSSR count). The molecule has 0 saturated heterocycles. The Bertz CT molecular complexity index is 748. The fraction of sp³-hybridized carbons (Fsp3) is 0.176. The molecule has 1 heterocycles. The van der Waals surface area contributed by atoms with Crippen LogP contribution in [0.1, 0.15) is 16.7 Å². The van der Waals surface area contributed by atoms with Crippen LogP contribution in [0.3, 0.4) is 0 Å². The number of hydrogen-bond donors (Lipinski definition) is 0. The molecular weight excluding hydrogens is 425 g/mol. The van der Waals surface area contributed by atoms with Crippen molar-refractivity contribution in [2.45, 2.75) is 20.8 Å². The molecule has 0 saturated carbocycles. The van der Waals surface area contributed by atoms with Crippen molar-refractivity contribution in [2.24, 2.45) is 0 Å². The molecule has 0 amide bonds. The van der Waals surface area contributed by atoms with E-state index in [1.54, 1.807) is 0 Å². The third-order valence-electron chi connectivity index (χ3n) is 3.62. The van der Waals surface area contributed by atoms with Crippen LogP contribution in [-0.4, -0.2) is 30.3 Å². The van der Waals surface area contributed by atoms with Gasteiger partial charge in [-0.1, -0.05) is 0 Å². The number of rotatable bonds is 1. The van der Waals surface area contributed by atoms with E-state index in [0.717, 1.165) is 25.8 Å². The van der Waals surface area contributed by atoms with Gasteiger partial charge in [0.1, 0.15) is 0 Å². The van der Waals surface area contributed by atoms with Crippen molar-refractivity contribution in [3.8, 4) is 5.69 Å². The van der Waals surface area contributed by atoms with Crippen molar-refractivity contribution in [3.05, 3.63) is 59.2 Å². The predicted octanol–water partition coefficient (Wildman–Crippen LogP) is 3.35. The van der Waals surface area contributed by atoms with Crippen LogP contribution in [0.25, 0.3) is 16.6 Å². The van der Waals surface area contributed by atoms with E-state index in [4.69, 9.17) is 0 Å². The first-order chi connectivity index (χ1) is 9.08. The molecule has 1 nitrogen and oxygen atoms in total. The van der Waals surface area contributed by atoms with E-state index in [2.05, 4.69) is 67.8 Å². The molecular formula is C17H16NPb. The van der Waals surface area contributed by atoms with Crippen LogP contribution in [0.15, 0.2) is 42.5 Å². The maximum absolute atomic E-state index is 2.44. The molecule has 3 radical (unpaired) electrons. The van der Waals surface area contributed by atoms with Crippen LogP contribution in [0.2, 0.25) is 0 Å². The van der Waals surface area contributed by atoms with Crippen molar-refractivity contribution >= 4 is 39.9 Å². The van der Waals surface area contributed by atoms with Gasteiger partial charge in [-0.25, -0.2) is 0 Å². The Morgan fingerprint density at radius 1 is 0.895 bits per heavy atom. The molecule has 0 spiro atoms. The molecule has 0 atom stereocenters. The Balaban J connectivity index is 2.40. The SMILES string of the molecule is Cc1ccc2c(c1)c[c]([Pb])n2-c1c(C)cccc1C. The summed E-state index contributed by atoms with van der Waals surface area (Å²) >= 11 is 1.06. The first-order valence-electron chi connectivity index (χ1n) is 6.48. The normalized spacial score (nSPS) is 11.2. The van der Waals surface area contributed by atoms with E-state index in [-0.39, 0.29) is 0 Å². The fourth-order valence-electron chi connectivity index (χ4n) is 2.73. The fourth-order valence-corrected chi connectivity index (χ4v) is 4.24. The number of hydrogen-bond acceptors (Lipinski definition) is 0. The number of nitrogens with zero attached hydrogens (tertiary/aromatic N) is 1. The molecule has 0 aliphatic heterocycles. The molecule has 0 N–H and O–H groups in total. The first kappa shape index (κ1) is 12.9. The van der Waals surface area contributed by atoms with Gasteiger partial charge in [0.2, 0.25) is 0 Å². The van der Waals surface area contributed by atoms with Crippen LogP contribution >= 0.6 is 0 Å². The van der Waals surface area contributed by atoms with Gasteiger partial charge in [-0.3, -0.25) is 0 Å². The second-order valence-corrected chi connectivity index (χ2v) is 7.16. The van der Waals surface area contributed by atoms with Crippen LogP contribution in [0, 0.1) is 20.8 Å². The molecule has 0 aliphatic rings. The summed E-state index contributed by atoms with van der Waals surface area (Å²) in [6, 6.07) is 15.6. The van der Waals surface area contributed by atoms with Gasteiger partial charge in [0.25, 0.3) is 0 Å². The number of aryl methyl sites for hydroxylation is 3. The van der Waals surface area contributed by atoms with Gasteiger partial charge in [0, 0.05) is 0 Å². The Morgan fingerprint density at radius 3 is 2.26 bits per heavy atom. The Morgan fingerprint density at radius 2 is 1.58 bits per heavy atom. The summed E-state index contributed by atoms with van der Waals surface area (Å²) in [5, 5.41) is 1.35. The molecule has 2 aromatic carbocycles. The topological polar surface area (TPSA) is 4.93 Å². The molecule has 0 fully saturated rings. The minimum atomic E-state index is 1.06. The molecule has 0 aliphatic carbocycles. The standard InChI is InChI=1S/C17H16N.Pb/c1-12-7-8-16-15(11-12)9-10-18(16)17-13(2)5-4-6-14(17)3;/h4-9,11H,1-3H3;. The van der Waals surface area contributed by atoms with Gasteiger partial charge in [-0.15, -0.1) is 0 Å². The zero-order valence-electron chi connectivity index (χ0n) is 11.5. The van der Waals surface area contributed by atoms with Gasteiger partial charge < -0.3 is 0 Å². The average molecular weight is 442 g/mol. The average Bonchev–Trinajstić information content (AvgIpc) is 2.65. The van der Waals surface area contributed by atoms with Gasteiger partial charge >= 0.3 is 130 Å². The number of aromatic nitrogens is 1. The van der Waals surface area contributed by atoms with Crippen molar-refractivity contribution < 1.29 is 0 Å². The van der Waals surface area contributed by atoms with Crippen LogP contribution < -0.4 is 3.25 Å². The van der Waals surface area contributed by atoms with Gasteiger partial charge in [0.05, 0.1) is 0 Å². The maximum atomic E-state index is 2.44. The monoisotopic (exact) mass is 442 g/mol. The predicted molar refractivity (Wildman–Crippen MR) is 82.9 cm³/mol. The minimum absolute atomic E-state index is 1.06. The van der Waals surface area contributed by atoms with Crippen molar-refractivity contribution in [1.82, 2.24) is 4.57 Å². The second kappa shape index (κ2) is 4.78. The molecule has 0 unspecified atom stereocenters. The summed E-state index contributed by atoms with van der Waals surface area (Å²) in [5.74, 6) is 0. The molecule has 3 aromatic rings. The zero-order chi connectivity index (χ0) is 13.6. The van der Waals surface area contributed by atoms with E-state index in [1.165, 1.54) is 36.5 Å². The Labute approximate surface area is 129 Å². The van der Waals surface area contributed by atoms with Gasteiger partial charge in [-0.05, 0) is 0 Å². The Hall–Kier alpha value is -1.10. The molecule has 1 aromatic heterocycles. The third kappa shape index (κ3) is 2.14. The number of fused-ring (bicyclic) bond motifs is 1. The van der Waals surface area contributed by atoms with Crippen LogP contribution in [0.4, 0.5) is 0 Å². The van der Waals surface area contributed by atoms with Crippen LogP contribution in [-0.2, 0) is 0 Å². The summed E-state index contributed by atoms with van der Waals surface area (Å²) in [6.45, 7) is 6.55. The molecule has 93 valence electrons. The summed E-state index contributed by atoms with van der Waals surface area (Å²) in [5.41, 5.74) is 6.69. The molecule has 19 heavy (non-hydrogen) atoms. The molecule has 0 bridgehead atoms. The van der Waals surface area contributed by atoms with E-state index >= 15 is 0 Å². The van der Waals surface area contributed by atoms with Crippen molar-refractivity contribution in [2.75, 3.05) is 0 Å². The summed E-state index contributed by atoms with van der Waals surface area (Å²) < 4.78 is 3.86. The van der Waals surface area contributed by atoms with Crippen molar-refractivity contribution in [3.63, 3.8) is 0 Å². The van der Waals surface area contributed by atoms with E-state index < -0.39 is 0 Å².